The number of methoxy groups -OCH3 is 1. The number of rotatable bonds is 5. The Hall–Kier alpha value is -3.85. The predicted octanol–water partition coefficient (Wildman–Crippen LogP) is 3.84. The molecule has 0 amide bonds. The molecule has 0 atom stereocenters. The lowest BCUT2D eigenvalue weighted by Gasteiger charge is -2.18. The number of nitrogens with zero attached hydrogens (tertiary/aromatic N) is 3. The summed E-state index contributed by atoms with van der Waals surface area (Å²) in [4.78, 5) is 16.5. The molecule has 0 aliphatic carbocycles. The third-order valence-electron chi connectivity index (χ3n) is 5.08. The number of anilines is 1. The Morgan fingerprint density at radius 2 is 1.90 bits per heavy atom. The molecule has 29 heavy (non-hydrogen) atoms. The third kappa shape index (κ3) is 3.27. The molecule has 0 fully saturated rings. The van der Waals surface area contributed by atoms with Crippen LogP contribution < -0.4 is 5.32 Å². The molecule has 0 spiro atoms. The van der Waals surface area contributed by atoms with Crippen molar-refractivity contribution < 1.29 is 9.53 Å². The fraction of sp³-hybridized carbons (Fsp3) is 0.174. The van der Waals surface area contributed by atoms with Gasteiger partial charge in [-0.05, 0) is 30.2 Å². The molecule has 2 aromatic carbocycles. The maximum atomic E-state index is 11.8. The molecule has 2 heterocycles. The highest BCUT2D eigenvalue weighted by Crippen LogP contribution is 2.32. The zero-order valence-electron chi connectivity index (χ0n) is 16.3. The van der Waals surface area contributed by atoms with Gasteiger partial charge in [-0.25, -0.2) is 4.98 Å². The average molecular weight is 384 g/mol. The van der Waals surface area contributed by atoms with Gasteiger partial charge < -0.3 is 10.1 Å². The zero-order valence-corrected chi connectivity index (χ0v) is 16.3. The summed E-state index contributed by atoms with van der Waals surface area (Å²) in [6.07, 6.45) is 0.618. The number of ether oxygens (including phenoxy) is 1. The molecule has 2 aromatic heterocycles. The van der Waals surface area contributed by atoms with Gasteiger partial charge in [-0.3, -0.25) is 9.20 Å². The molecule has 6 nitrogen and oxygen atoms in total. The molecule has 0 saturated carbocycles. The zero-order chi connectivity index (χ0) is 20.4. The van der Waals surface area contributed by atoms with Crippen molar-refractivity contribution in [1.29, 1.82) is 5.26 Å². The first kappa shape index (κ1) is 18.5. The lowest BCUT2D eigenvalue weighted by molar-refractivity contribution is -0.138. The number of carbonyl (C=O) groups excluding carboxylic acids is 1. The van der Waals surface area contributed by atoms with Crippen LogP contribution in [0.4, 0.5) is 5.82 Å². The summed E-state index contributed by atoms with van der Waals surface area (Å²) < 4.78 is 6.74. The van der Waals surface area contributed by atoms with E-state index in [1.165, 1.54) is 7.11 Å². The van der Waals surface area contributed by atoms with Crippen LogP contribution in [0.15, 0.2) is 54.6 Å². The van der Waals surface area contributed by atoms with E-state index in [4.69, 9.17) is 4.74 Å². The first-order chi connectivity index (χ1) is 14.1. The number of aromatic nitrogens is 2. The van der Waals surface area contributed by atoms with Crippen molar-refractivity contribution in [3.8, 4) is 6.07 Å². The van der Waals surface area contributed by atoms with Crippen molar-refractivity contribution in [1.82, 2.24) is 9.38 Å². The van der Waals surface area contributed by atoms with Crippen molar-refractivity contribution >= 4 is 28.5 Å². The number of imidazole rings is 1. The van der Waals surface area contributed by atoms with Gasteiger partial charge in [0.15, 0.2) is 5.65 Å². The van der Waals surface area contributed by atoms with E-state index >= 15 is 0 Å². The highest BCUT2D eigenvalue weighted by atomic mass is 16.5. The molecule has 4 aromatic rings. The van der Waals surface area contributed by atoms with Gasteiger partial charge in [0.05, 0.1) is 23.7 Å². The second-order valence-electron chi connectivity index (χ2n) is 6.79. The number of benzene rings is 2. The Labute approximate surface area is 168 Å². The lowest BCUT2D eigenvalue weighted by Crippen LogP contribution is -2.19. The van der Waals surface area contributed by atoms with Crippen LogP contribution in [0.25, 0.3) is 16.7 Å². The van der Waals surface area contributed by atoms with Gasteiger partial charge in [0.2, 0.25) is 0 Å². The minimum Gasteiger partial charge on any atom is -0.468 e. The Morgan fingerprint density at radius 3 is 2.62 bits per heavy atom. The van der Waals surface area contributed by atoms with Crippen LogP contribution in [0, 0.1) is 18.3 Å². The fourth-order valence-electron chi connectivity index (χ4n) is 3.62. The molecule has 0 radical (unpaired) electrons. The number of pyridine rings is 1. The molecule has 0 unspecified atom stereocenters. The molecular weight excluding hydrogens is 364 g/mol. The van der Waals surface area contributed by atoms with Gasteiger partial charge >= 0.3 is 5.97 Å². The normalized spacial score (nSPS) is 10.8. The van der Waals surface area contributed by atoms with Crippen molar-refractivity contribution in [3.05, 3.63) is 76.9 Å². The van der Waals surface area contributed by atoms with Crippen molar-refractivity contribution in [2.75, 3.05) is 19.0 Å². The molecule has 0 aliphatic heterocycles. The second kappa shape index (κ2) is 7.64. The number of nitrogens with one attached hydrogen (secondary N) is 1. The topological polar surface area (TPSA) is 79.4 Å². The van der Waals surface area contributed by atoms with Gasteiger partial charge in [0.1, 0.15) is 18.4 Å². The first-order valence-electron chi connectivity index (χ1n) is 9.31. The average Bonchev–Trinajstić information content (AvgIpc) is 3.13. The number of hydrogen-bond acceptors (Lipinski definition) is 5. The van der Waals surface area contributed by atoms with E-state index in [1.807, 2.05) is 65.9 Å². The highest BCUT2D eigenvalue weighted by molar-refractivity contribution is 5.87. The van der Waals surface area contributed by atoms with E-state index in [-0.39, 0.29) is 12.5 Å². The maximum absolute atomic E-state index is 11.8. The third-order valence-corrected chi connectivity index (χ3v) is 5.08. The van der Waals surface area contributed by atoms with Gasteiger partial charge in [0, 0.05) is 12.0 Å². The van der Waals surface area contributed by atoms with Gasteiger partial charge in [-0.15, -0.1) is 0 Å². The smallest absolute Gasteiger partial charge is 0.325 e. The number of para-hydroxylation sites is 2. The summed E-state index contributed by atoms with van der Waals surface area (Å²) in [7, 11) is 1.36. The van der Waals surface area contributed by atoms with Crippen LogP contribution in [0.5, 0.6) is 0 Å². The summed E-state index contributed by atoms with van der Waals surface area (Å²) in [6, 6.07) is 20.1. The number of hydrogen-bond donors (Lipinski definition) is 1. The molecule has 1 N–H and O–H groups in total. The molecule has 4 rings (SSSR count). The van der Waals surface area contributed by atoms with Crippen molar-refractivity contribution in [2.24, 2.45) is 0 Å². The van der Waals surface area contributed by atoms with E-state index in [0.29, 0.717) is 17.6 Å². The number of fused-ring (bicyclic) bond motifs is 3. The maximum Gasteiger partial charge on any atom is 0.325 e. The summed E-state index contributed by atoms with van der Waals surface area (Å²) >= 11 is 0. The van der Waals surface area contributed by atoms with Gasteiger partial charge in [-0.1, -0.05) is 42.5 Å². The minimum absolute atomic E-state index is 0.0191. The Balaban J connectivity index is 2.02. The van der Waals surface area contributed by atoms with Crippen molar-refractivity contribution in [3.63, 3.8) is 0 Å². The SMILES string of the molecule is COC(=O)CNc1c(Cc2ccccc2)c(C)c(C#N)c2nc3ccccc3n12. The lowest BCUT2D eigenvalue weighted by atomic mass is 9.98. The Kier molecular flexibility index (Phi) is 4.88. The summed E-state index contributed by atoms with van der Waals surface area (Å²) in [5.41, 5.74) is 5.70. The highest BCUT2D eigenvalue weighted by Gasteiger charge is 2.21. The summed E-state index contributed by atoms with van der Waals surface area (Å²) in [6.45, 7) is 1.95. The fourth-order valence-corrected chi connectivity index (χ4v) is 3.62. The minimum atomic E-state index is -0.366. The standard InChI is InChI=1S/C23H20N4O2/c1-15-17(12-16-8-4-3-5-9-16)22(25-14-21(28)29-2)27-20-11-7-6-10-19(20)26-23(27)18(15)13-24/h3-11,25H,12,14H2,1-2H3. The Bertz CT molecular complexity index is 1250. The molecule has 6 heteroatoms. The number of carbonyl (C=O) groups is 1. The molecule has 0 saturated heterocycles. The second-order valence-corrected chi connectivity index (χ2v) is 6.79. The van der Waals surface area contributed by atoms with Gasteiger partial charge in [0.25, 0.3) is 0 Å². The summed E-state index contributed by atoms with van der Waals surface area (Å²) in [5, 5.41) is 13.1. The van der Waals surface area contributed by atoms with Crippen molar-refractivity contribution in [2.45, 2.75) is 13.3 Å². The van der Waals surface area contributed by atoms with Crippen LogP contribution in [0.3, 0.4) is 0 Å². The van der Waals surface area contributed by atoms with Crippen LogP contribution in [0.2, 0.25) is 0 Å². The summed E-state index contributed by atoms with van der Waals surface area (Å²) in [5.74, 6) is 0.384. The molecule has 0 bridgehead atoms. The number of nitriles is 1. The van der Waals surface area contributed by atoms with E-state index in [2.05, 4.69) is 16.4 Å². The monoisotopic (exact) mass is 384 g/mol. The van der Waals surface area contributed by atoms with Crippen LogP contribution in [-0.4, -0.2) is 29.0 Å². The van der Waals surface area contributed by atoms with E-state index in [0.717, 1.165) is 33.5 Å². The molecular formula is C23H20N4O2. The quantitative estimate of drug-likeness (QED) is 0.529. The predicted molar refractivity (Wildman–Crippen MR) is 112 cm³/mol. The van der Waals surface area contributed by atoms with Gasteiger partial charge in [-0.2, -0.15) is 5.26 Å². The van der Waals surface area contributed by atoms with E-state index in [9.17, 15) is 10.1 Å². The largest absolute Gasteiger partial charge is 0.468 e. The van der Waals surface area contributed by atoms with Crippen LogP contribution >= 0.6 is 0 Å². The van der Waals surface area contributed by atoms with E-state index in [1.54, 1.807) is 0 Å². The number of esters is 1. The van der Waals surface area contributed by atoms with E-state index < -0.39 is 0 Å². The Morgan fingerprint density at radius 1 is 1.17 bits per heavy atom. The first-order valence-corrected chi connectivity index (χ1v) is 9.31. The molecule has 0 aliphatic rings. The molecule has 144 valence electrons. The van der Waals surface area contributed by atoms with Crippen LogP contribution in [0.1, 0.15) is 22.3 Å². The van der Waals surface area contributed by atoms with Crippen LogP contribution in [-0.2, 0) is 16.0 Å².